The van der Waals surface area contributed by atoms with Crippen LogP contribution in [0.3, 0.4) is 0 Å². The molecule has 0 bridgehead atoms. The molecule has 2 aromatic heterocycles. The molecule has 16 heteroatoms. The van der Waals surface area contributed by atoms with Gasteiger partial charge < -0.3 is 16.1 Å². The SMILES string of the molecule is CCNC(=O)CNc1ccc(-c2sc3c(c2CN(C)CC[NH2+]/N=C\NN)c(=O)n(-c2ccc(F)cc2)c(=O)n3Cc2c(F)cccc2F)cc1. The summed E-state index contributed by atoms with van der Waals surface area (Å²) < 4.78 is 46.0. The van der Waals surface area contributed by atoms with Gasteiger partial charge in [-0.05, 0) is 73.6 Å². The molecule has 7 N–H and O–H groups in total. The Balaban J connectivity index is 1.70. The highest BCUT2D eigenvalue weighted by Crippen LogP contribution is 2.38. The Kier molecular flexibility index (Phi) is 11.8. The van der Waals surface area contributed by atoms with Crippen molar-refractivity contribution in [1.29, 1.82) is 0 Å². The highest BCUT2D eigenvalue weighted by atomic mass is 32.1. The van der Waals surface area contributed by atoms with Gasteiger partial charge in [-0.3, -0.25) is 19.1 Å². The first-order chi connectivity index (χ1) is 24.1. The van der Waals surface area contributed by atoms with Crippen LogP contribution in [0, 0.1) is 17.5 Å². The molecule has 5 aromatic rings. The van der Waals surface area contributed by atoms with Gasteiger partial charge in [0, 0.05) is 35.8 Å². The molecule has 0 saturated carbocycles. The van der Waals surface area contributed by atoms with E-state index in [2.05, 4.69) is 21.2 Å². The van der Waals surface area contributed by atoms with Crippen molar-refractivity contribution in [2.24, 2.45) is 10.9 Å². The molecule has 0 saturated heterocycles. The lowest BCUT2D eigenvalue weighted by molar-refractivity contribution is -0.660. The minimum absolute atomic E-state index is 0.0797. The number of hydrazine groups is 1. The topological polar surface area (TPSA) is 155 Å². The van der Waals surface area contributed by atoms with E-state index in [0.717, 1.165) is 40.2 Å². The number of rotatable bonds is 15. The Morgan fingerprint density at radius 3 is 2.38 bits per heavy atom. The predicted molar refractivity (Wildman–Crippen MR) is 189 cm³/mol. The van der Waals surface area contributed by atoms with Gasteiger partial charge in [-0.2, -0.15) is 0 Å². The van der Waals surface area contributed by atoms with E-state index >= 15 is 8.78 Å². The molecule has 12 nitrogen and oxygen atoms in total. The highest BCUT2D eigenvalue weighted by Gasteiger charge is 2.26. The second-order valence-electron chi connectivity index (χ2n) is 11.3. The Labute approximate surface area is 289 Å². The molecule has 2 heterocycles. The van der Waals surface area contributed by atoms with Crippen molar-refractivity contribution in [2.75, 3.05) is 38.5 Å². The molecule has 1 amide bonds. The van der Waals surface area contributed by atoms with Crippen molar-refractivity contribution in [3.05, 3.63) is 116 Å². The molecule has 0 aliphatic rings. The second-order valence-corrected chi connectivity index (χ2v) is 12.3. The molecule has 0 fully saturated rings. The minimum Gasteiger partial charge on any atom is -0.376 e. The van der Waals surface area contributed by atoms with Crippen LogP contribution >= 0.6 is 11.3 Å². The average molecular weight is 709 g/mol. The highest BCUT2D eigenvalue weighted by molar-refractivity contribution is 7.22. The lowest BCUT2D eigenvalue weighted by atomic mass is 10.1. The number of amides is 1. The van der Waals surface area contributed by atoms with Crippen LogP contribution in [0.25, 0.3) is 26.3 Å². The Bertz CT molecular complexity index is 2090. The van der Waals surface area contributed by atoms with E-state index in [1.807, 2.05) is 31.0 Å². The van der Waals surface area contributed by atoms with Crippen LogP contribution < -0.4 is 38.6 Å². The molecule has 0 aliphatic heterocycles. The van der Waals surface area contributed by atoms with E-state index in [0.29, 0.717) is 41.3 Å². The van der Waals surface area contributed by atoms with Gasteiger partial charge in [0.25, 0.3) is 5.56 Å². The number of quaternary nitrogens is 1. The summed E-state index contributed by atoms with van der Waals surface area (Å²) in [5.74, 6) is 2.82. The number of thiophene rings is 1. The number of benzene rings is 3. The second kappa shape index (κ2) is 16.4. The summed E-state index contributed by atoms with van der Waals surface area (Å²) in [4.78, 5) is 43.4. The van der Waals surface area contributed by atoms with Crippen LogP contribution in [0.5, 0.6) is 0 Å². The molecule has 0 radical (unpaired) electrons. The number of aromatic nitrogens is 2. The number of halogens is 3. The summed E-state index contributed by atoms with van der Waals surface area (Å²) in [6, 6.07) is 15.5. The van der Waals surface area contributed by atoms with Crippen molar-refractivity contribution < 1.29 is 23.4 Å². The monoisotopic (exact) mass is 708 g/mol. The molecule has 0 spiro atoms. The molecule has 5 rings (SSSR count). The first-order valence-corrected chi connectivity index (χ1v) is 16.5. The lowest BCUT2D eigenvalue weighted by Gasteiger charge is -2.17. The average Bonchev–Trinajstić information content (AvgIpc) is 3.47. The molecule has 0 unspecified atom stereocenters. The van der Waals surface area contributed by atoms with Gasteiger partial charge in [0.2, 0.25) is 5.91 Å². The van der Waals surface area contributed by atoms with Gasteiger partial charge >= 0.3 is 5.69 Å². The minimum atomic E-state index is -0.847. The maximum Gasteiger partial charge on any atom is 0.337 e. The van der Waals surface area contributed by atoms with Crippen LogP contribution in [-0.2, 0) is 17.9 Å². The zero-order chi connectivity index (χ0) is 35.8. The van der Waals surface area contributed by atoms with Crippen LogP contribution in [-0.4, -0.2) is 59.5 Å². The number of nitrogens with one attached hydrogen (secondary N) is 3. The Morgan fingerprint density at radius 1 is 1.02 bits per heavy atom. The van der Waals surface area contributed by atoms with Crippen LogP contribution in [0.15, 0.2) is 81.4 Å². The molecular weight excluding hydrogens is 671 g/mol. The fourth-order valence-corrected chi connectivity index (χ4v) is 6.73. The number of likely N-dealkylation sites (N-methyl/N-ethyl adjacent to an activating group) is 2. The van der Waals surface area contributed by atoms with Gasteiger partial charge in [0.1, 0.15) is 28.8 Å². The van der Waals surface area contributed by atoms with Crippen molar-refractivity contribution in [3.8, 4) is 16.1 Å². The van der Waals surface area contributed by atoms with Gasteiger partial charge in [0.15, 0.2) is 6.34 Å². The maximum absolute atomic E-state index is 15.0. The van der Waals surface area contributed by atoms with Crippen molar-refractivity contribution >= 4 is 39.5 Å². The number of hydrogen-bond acceptors (Lipinski definition) is 8. The normalized spacial score (nSPS) is 11.5. The summed E-state index contributed by atoms with van der Waals surface area (Å²) in [5.41, 5.74) is 4.26. The number of anilines is 1. The first kappa shape index (κ1) is 36.0. The zero-order valence-electron chi connectivity index (χ0n) is 27.4. The smallest absolute Gasteiger partial charge is 0.337 e. The number of hydrogen-bond donors (Lipinski definition) is 5. The summed E-state index contributed by atoms with van der Waals surface area (Å²) in [7, 11) is 1.86. The molecule has 50 heavy (non-hydrogen) atoms. The molecule has 0 atom stereocenters. The number of carbonyl (C=O) groups is 1. The van der Waals surface area contributed by atoms with E-state index in [4.69, 9.17) is 5.84 Å². The van der Waals surface area contributed by atoms with Crippen LogP contribution in [0.4, 0.5) is 18.9 Å². The van der Waals surface area contributed by atoms with Crippen molar-refractivity contribution in [3.63, 3.8) is 0 Å². The van der Waals surface area contributed by atoms with Gasteiger partial charge in [-0.1, -0.05) is 23.3 Å². The number of nitrogens with zero attached hydrogens (tertiary/aromatic N) is 4. The van der Waals surface area contributed by atoms with Crippen LogP contribution in [0.1, 0.15) is 18.1 Å². The summed E-state index contributed by atoms with van der Waals surface area (Å²) in [6.07, 6.45) is 1.34. The van der Waals surface area contributed by atoms with Gasteiger partial charge in [0.05, 0.1) is 24.2 Å². The summed E-state index contributed by atoms with van der Waals surface area (Å²) in [6.45, 7) is 3.26. The van der Waals surface area contributed by atoms with E-state index in [-0.39, 0.29) is 40.5 Å². The van der Waals surface area contributed by atoms with Crippen molar-refractivity contribution in [2.45, 2.75) is 20.0 Å². The predicted octanol–water partition coefficient (Wildman–Crippen LogP) is 2.30. The van der Waals surface area contributed by atoms with E-state index in [1.165, 1.54) is 29.1 Å². The lowest BCUT2D eigenvalue weighted by Crippen LogP contribution is -2.80. The summed E-state index contributed by atoms with van der Waals surface area (Å²) in [5, 5.41) is 10.0. The van der Waals surface area contributed by atoms with E-state index in [1.54, 1.807) is 17.6 Å². The van der Waals surface area contributed by atoms with Crippen molar-refractivity contribution in [1.82, 2.24) is 24.8 Å². The van der Waals surface area contributed by atoms with E-state index < -0.39 is 35.2 Å². The molecule has 3 aromatic carbocycles. The number of fused-ring (bicyclic) bond motifs is 1. The molecule has 262 valence electrons. The Hall–Kier alpha value is -5.29. The quantitative estimate of drug-likeness (QED) is 0.0368. The zero-order valence-corrected chi connectivity index (χ0v) is 28.2. The standard InChI is InChI=1S/C34H36F3N9O3S/c1-3-39-29(47)17-40-23-11-7-21(8-12-23)31-26(18-44(2)16-15-42-43-20-41-38)30-32(48)46(24-13-9-22(35)10-14-24)34(49)45(33(30)50-31)19-25-27(36)5-4-6-28(25)37/h4-14,20,40,42H,3,15-19,38H2,1-2H3,(H,39,47)(H,41,43)/p+1. The number of nitrogens with two attached hydrogens (primary N) is 2. The van der Waals surface area contributed by atoms with Crippen LogP contribution in [0.2, 0.25) is 0 Å². The largest absolute Gasteiger partial charge is 0.376 e. The fourth-order valence-electron chi connectivity index (χ4n) is 5.43. The fraction of sp³-hybridized carbons (Fsp3) is 0.235. The molecule has 0 aliphatic carbocycles. The third kappa shape index (κ3) is 8.11. The van der Waals surface area contributed by atoms with E-state index in [9.17, 15) is 18.8 Å². The molecular formula is C34H37F3N9O3S+. The third-order valence-electron chi connectivity index (χ3n) is 7.83. The van der Waals surface area contributed by atoms with Gasteiger partial charge in [-0.25, -0.2) is 33.8 Å². The third-order valence-corrected chi connectivity index (χ3v) is 9.14. The Morgan fingerprint density at radius 2 is 1.72 bits per heavy atom. The first-order valence-electron chi connectivity index (χ1n) is 15.7. The maximum atomic E-state index is 15.0. The summed E-state index contributed by atoms with van der Waals surface area (Å²) >= 11 is 1.16. The van der Waals surface area contributed by atoms with Gasteiger partial charge in [-0.15, -0.1) is 11.3 Å². The number of carbonyl (C=O) groups excluding carboxylic acids is 1.